The summed E-state index contributed by atoms with van der Waals surface area (Å²) < 4.78 is 14.0. The predicted octanol–water partition coefficient (Wildman–Crippen LogP) is 3.22. The van der Waals surface area contributed by atoms with E-state index in [1.807, 2.05) is 11.8 Å². The lowest BCUT2D eigenvalue weighted by atomic mass is 10.00. The van der Waals surface area contributed by atoms with Crippen molar-refractivity contribution in [1.82, 2.24) is 0 Å². The molecule has 0 bridgehead atoms. The fraction of sp³-hybridized carbons (Fsp3) is 0.400. The van der Waals surface area contributed by atoms with Crippen molar-refractivity contribution in [2.24, 2.45) is 5.73 Å². The molecule has 0 radical (unpaired) electrons. The Bertz CT molecular complexity index is 356. The summed E-state index contributed by atoms with van der Waals surface area (Å²) in [6.07, 6.45) is 0.924. The van der Waals surface area contributed by atoms with E-state index in [-0.39, 0.29) is 11.9 Å². The maximum Gasteiger partial charge on any atom is 0.124 e. The molecule has 1 atom stereocenters. The summed E-state index contributed by atoms with van der Waals surface area (Å²) in [5, 5.41) is 0. The van der Waals surface area contributed by atoms with Crippen molar-refractivity contribution in [3.8, 4) is 0 Å². The van der Waals surface area contributed by atoms with E-state index in [9.17, 15) is 4.39 Å². The van der Waals surface area contributed by atoms with Crippen molar-refractivity contribution in [2.75, 3.05) is 5.75 Å². The van der Waals surface area contributed by atoms with Gasteiger partial charge in [0, 0.05) is 16.3 Å². The van der Waals surface area contributed by atoms with Crippen molar-refractivity contribution >= 4 is 27.7 Å². The average molecular weight is 276 g/mol. The van der Waals surface area contributed by atoms with Crippen molar-refractivity contribution in [1.29, 1.82) is 0 Å². The maximum absolute atomic E-state index is 13.2. The quantitative estimate of drug-likeness (QED) is 0.787. The molecule has 0 saturated carbocycles. The second kappa shape index (κ2) is 4.21. The number of hydrogen-bond donors (Lipinski definition) is 1. The number of halogens is 2. The molecule has 0 aromatic heterocycles. The van der Waals surface area contributed by atoms with Gasteiger partial charge >= 0.3 is 0 Å². The molecule has 76 valence electrons. The largest absolute Gasteiger partial charge is 0.324 e. The van der Waals surface area contributed by atoms with Crippen LogP contribution in [0, 0.1) is 5.82 Å². The SMILES string of the molecule is N[C@@H]1CCSCc2c(Br)cc(F)cc21. The molecule has 1 aromatic carbocycles. The first kappa shape index (κ1) is 10.5. The predicted molar refractivity (Wildman–Crippen MR) is 61.8 cm³/mol. The molecule has 0 saturated heterocycles. The van der Waals surface area contributed by atoms with Crippen LogP contribution in [-0.4, -0.2) is 5.75 Å². The minimum atomic E-state index is -0.210. The highest BCUT2D eigenvalue weighted by atomic mass is 79.9. The minimum absolute atomic E-state index is 0.0213. The molecule has 0 aliphatic carbocycles. The molecule has 1 heterocycles. The van der Waals surface area contributed by atoms with Crippen LogP contribution in [0.1, 0.15) is 23.6 Å². The van der Waals surface area contributed by atoms with Crippen LogP contribution < -0.4 is 5.73 Å². The molecular formula is C10H11BrFNS. The molecule has 0 spiro atoms. The van der Waals surface area contributed by atoms with Crippen LogP contribution in [0.4, 0.5) is 4.39 Å². The zero-order chi connectivity index (χ0) is 10.1. The van der Waals surface area contributed by atoms with Gasteiger partial charge in [0.15, 0.2) is 0 Å². The Morgan fingerprint density at radius 1 is 1.50 bits per heavy atom. The molecule has 0 amide bonds. The monoisotopic (exact) mass is 275 g/mol. The first-order chi connectivity index (χ1) is 6.68. The van der Waals surface area contributed by atoms with Gasteiger partial charge in [0.2, 0.25) is 0 Å². The molecule has 2 rings (SSSR count). The standard InChI is InChI=1S/C10H11BrFNS/c11-9-4-6(12)3-7-8(9)5-14-2-1-10(7)13/h3-4,10H,1-2,5,13H2/t10-/m1/s1. The summed E-state index contributed by atoms with van der Waals surface area (Å²) in [4.78, 5) is 0. The van der Waals surface area contributed by atoms with Gasteiger partial charge in [0.25, 0.3) is 0 Å². The molecule has 4 heteroatoms. The molecule has 1 aliphatic rings. The third-order valence-electron chi connectivity index (χ3n) is 2.41. The summed E-state index contributed by atoms with van der Waals surface area (Å²) >= 11 is 5.24. The average Bonchev–Trinajstić information content (AvgIpc) is 2.29. The van der Waals surface area contributed by atoms with Crippen molar-refractivity contribution in [3.63, 3.8) is 0 Å². The molecule has 1 aliphatic heterocycles. The van der Waals surface area contributed by atoms with Gasteiger partial charge in [0.05, 0.1) is 0 Å². The van der Waals surface area contributed by atoms with Gasteiger partial charge in [-0.2, -0.15) is 11.8 Å². The lowest BCUT2D eigenvalue weighted by molar-refractivity contribution is 0.615. The first-order valence-corrected chi connectivity index (χ1v) is 6.44. The molecular weight excluding hydrogens is 265 g/mol. The summed E-state index contributed by atoms with van der Waals surface area (Å²) in [7, 11) is 0. The van der Waals surface area contributed by atoms with Gasteiger partial charge in [-0.1, -0.05) is 15.9 Å². The first-order valence-electron chi connectivity index (χ1n) is 4.49. The molecule has 1 nitrogen and oxygen atoms in total. The van der Waals surface area contributed by atoms with Crippen LogP contribution in [0.2, 0.25) is 0 Å². The normalized spacial score (nSPS) is 21.5. The van der Waals surface area contributed by atoms with Gasteiger partial charge in [-0.25, -0.2) is 4.39 Å². The van der Waals surface area contributed by atoms with E-state index in [2.05, 4.69) is 15.9 Å². The Balaban J connectivity index is 2.53. The fourth-order valence-corrected chi connectivity index (χ4v) is 3.51. The smallest absolute Gasteiger partial charge is 0.124 e. The van der Waals surface area contributed by atoms with Gasteiger partial charge in [-0.3, -0.25) is 0 Å². The van der Waals surface area contributed by atoms with Gasteiger partial charge in [-0.05, 0) is 35.4 Å². The van der Waals surface area contributed by atoms with E-state index < -0.39 is 0 Å². The summed E-state index contributed by atoms with van der Waals surface area (Å²) in [6, 6.07) is 3.06. The lowest BCUT2D eigenvalue weighted by Crippen LogP contribution is -2.12. The zero-order valence-corrected chi connectivity index (χ0v) is 10.00. The van der Waals surface area contributed by atoms with E-state index >= 15 is 0 Å². The van der Waals surface area contributed by atoms with E-state index in [4.69, 9.17) is 5.73 Å². The van der Waals surface area contributed by atoms with Crippen LogP contribution in [0.5, 0.6) is 0 Å². The van der Waals surface area contributed by atoms with Crippen LogP contribution >= 0.6 is 27.7 Å². The van der Waals surface area contributed by atoms with Crippen molar-refractivity contribution in [3.05, 3.63) is 33.5 Å². The highest BCUT2D eigenvalue weighted by Crippen LogP contribution is 2.34. The van der Waals surface area contributed by atoms with Crippen LogP contribution in [0.25, 0.3) is 0 Å². The molecule has 0 fully saturated rings. The topological polar surface area (TPSA) is 26.0 Å². The molecule has 0 unspecified atom stereocenters. The third-order valence-corrected chi connectivity index (χ3v) is 4.14. The van der Waals surface area contributed by atoms with Gasteiger partial charge in [0.1, 0.15) is 5.82 Å². The summed E-state index contributed by atoms with van der Waals surface area (Å²) in [6.45, 7) is 0. The highest BCUT2D eigenvalue weighted by molar-refractivity contribution is 9.10. The molecule has 14 heavy (non-hydrogen) atoms. The van der Waals surface area contributed by atoms with E-state index in [0.29, 0.717) is 0 Å². The van der Waals surface area contributed by atoms with Crippen LogP contribution in [0.15, 0.2) is 16.6 Å². The van der Waals surface area contributed by atoms with Crippen LogP contribution in [0.3, 0.4) is 0 Å². The fourth-order valence-electron chi connectivity index (χ4n) is 1.65. The second-order valence-electron chi connectivity index (χ2n) is 3.40. The summed E-state index contributed by atoms with van der Waals surface area (Å²) in [5.74, 6) is 1.76. The lowest BCUT2D eigenvalue weighted by Gasteiger charge is -2.13. The van der Waals surface area contributed by atoms with Gasteiger partial charge < -0.3 is 5.73 Å². The number of rotatable bonds is 0. The minimum Gasteiger partial charge on any atom is -0.324 e. The van der Waals surface area contributed by atoms with Crippen molar-refractivity contribution in [2.45, 2.75) is 18.2 Å². The highest BCUT2D eigenvalue weighted by Gasteiger charge is 2.18. The number of fused-ring (bicyclic) bond motifs is 1. The maximum atomic E-state index is 13.2. The van der Waals surface area contributed by atoms with E-state index in [1.54, 1.807) is 6.07 Å². The number of benzene rings is 1. The molecule has 1 aromatic rings. The molecule has 2 N–H and O–H groups in total. The number of thioether (sulfide) groups is 1. The Morgan fingerprint density at radius 2 is 2.29 bits per heavy atom. The van der Waals surface area contributed by atoms with Crippen molar-refractivity contribution < 1.29 is 4.39 Å². The number of nitrogens with two attached hydrogens (primary N) is 1. The Kier molecular flexibility index (Phi) is 3.14. The Morgan fingerprint density at radius 3 is 3.07 bits per heavy atom. The number of hydrogen-bond acceptors (Lipinski definition) is 2. The summed E-state index contributed by atoms with van der Waals surface area (Å²) in [5.41, 5.74) is 8.10. The van der Waals surface area contributed by atoms with E-state index in [1.165, 1.54) is 6.07 Å². The van der Waals surface area contributed by atoms with Gasteiger partial charge in [-0.15, -0.1) is 0 Å². The Labute approximate surface area is 95.4 Å². The van der Waals surface area contributed by atoms with E-state index in [0.717, 1.165) is 33.5 Å². The van der Waals surface area contributed by atoms with Crippen LogP contribution in [-0.2, 0) is 5.75 Å². The zero-order valence-electron chi connectivity index (χ0n) is 7.59. The Hall–Kier alpha value is -0.0600. The third kappa shape index (κ3) is 1.97. The second-order valence-corrected chi connectivity index (χ2v) is 5.36.